The number of thioether (sulfide) groups is 1. The first-order valence-electron chi connectivity index (χ1n) is 9.80. The van der Waals surface area contributed by atoms with Crippen LogP contribution in [0.5, 0.6) is 0 Å². The second kappa shape index (κ2) is 10.8. The zero-order valence-corrected chi connectivity index (χ0v) is 19.1. The number of sulfonamides is 1. The third kappa shape index (κ3) is 6.59. The Morgan fingerprint density at radius 3 is 2.17 bits per heavy atom. The van der Waals surface area contributed by atoms with Gasteiger partial charge in [-0.2, -0.15) is 4.31 Å². The average Bonchev–Trinajstić information content (AvgIpc) is 2.70. The first kappa shape index (κ1) is 23.4. The van der Waals surface area contributed by atoms with Crippen LogP contribution < -0.4 is 5.32 Å². The fourth-order valence-electron chi connectivity index (χ4n) is 2.95. The molecule has 0 saturated carbocycles. The van der Waals surface area contributed by atoms with Gasteiger partial charge < -0.3 is 5.32 Å². The molecule has 1 amide bonds. The van der Waals surface area contributed by atoms with Gasteiger partial charge in [0.25, 0.3) is 0 Å². The van der Waals surface area contributed by atoms with Crippen LogP contribution in [0, 0.1) is 6.92 Å². The molecule has 0 aliphatic rings. The number of nitrogens with zero attached hydrogens (tertiary/aromatic N) is 1. The van der Waals surface area contributed by atoms with Gasteiger partial charge in [0.2, 0.25) is 15.9 Å². The van der Waals surface area contributed by atoms with Crippen LogP contribution in [-0.2, 0) is 20.6 Å². The first-order chi connectivity index (χ1) is 13.8. The van der Waals surface area contributed by atoms with Crippen molar-refractivity contribution in [2.24, 2.45) is 0 Å². The number of carbonyl (C=O) groups excluding carboxylic acids is 1. The first-order valence-corrected chi connectivity index (χ1v) is 12.4. The molecule has 2 aromatic rings. The van der Waals surface area contributed by atoms with Gasteiger partial charge in [-0.25, -0.2) is 8.42 Å². The summed E-state index contributed by atoms with van der Waals surface area (Å²) in [6.45, 7) is 8.47. The number of carbonyl (C=O) groups is 1. The molecule has 0 aliphatic heterocycles. The van der Waals surface area contributed by atoms with Gasteiger partial charge in [-0.15, -0.1) is 11.8 Å². The molecule has 5 nitrogen and oxygen atoms in total. The lowest BCUT2D eigenvalue weighted by atomic mass is 10.1. The smallest absolute Gasteiger partial charge is 0.243 e. The Kier molecular flexibility index (Phi) is 8.74. The van der Waals surface area contributed by atoms with Crippen LogP contribution in [0.2, 0.25) is 0 Å². The lowest BCUT2D eigenvalue weighted by Crippen LogP contribution is -2.30. The van der Waals surface area contributed by atoms with Gasteiger partial charge in [0, 0.05) is 18.8 Å². The van der Waals surface area contributed by atoms with Gasteiger partial charge in [-0.1, -0.05) is 55.8 Å². The molecule has 2 rings (SSSR count). The fraction of sp³-hybridized carbons (Fsp3) is 0.409. The predicted molar refractivity (Wildman–Crippen MR) is 120 cm³/mol. The maximum Gasteiger partial charge on any atom is 0.243 e. The monoisotopic (exact) mass is 434 g/mol. The standard InChI is InChI=1S/C22H30N2O3S2/c1-5-24(6-2)29(26,27)21-13-11-20(12-14-21)18(4)23-22(25)16-28-15-19-9-7-17(3)8-10-19/h7-14,18H,5-6,15-16H2,1-4H3,(H,23,25). The largest absolute Gasteiger partial charge is 0.349 e. The molecule has 0 aromatic heterocycles. The Morgan fingerprint density at radius 1 is 1.03 bits per heavy atom. The molecule has 1 atom stereocenters. The second-order valence-electron chi connectivity index (χ2n) is 6.93. The predicted octanol–water partition coefficient (Wildman–Crippen LogP) is 4.14. The molecule has 0 fully saturated rings. The highest BCUT2D eigenvalue weighted by Crippen LogP contribution is 2.20. The summed E-state index contributed by atoms with van der Waals surface area (Å²) < 4.78 is 26.6. The molecule has 29 heavy (non-hydrogen) atoms. The Morgan fingerprint density at radius 2 is 1.62 bits per heavy atom. The van der Waals surface area contributed by atoms with Crippen molar-refractivity contribution in [1.82, 2.24) is 9.62 Å². The summed E-state index contributed by atoms with van der Waals surface area (Å²) in [7, 11) is -3.47. The van der Waals surface area contributed by atoms with Crippen LogP contribution in [0.25, 0.3) is 0 Å². The van der Waals surface area contributed by atoms with E-state index in [4.69, 9.17) is 0 Å². The van der Waals surface area contributed by atoms with Crippen LogP contribution in [0.15, 0.2) is 53.4 Å². The van der Waals surface area contributed by atoms with E-state index in [1.807, 2.05) is 20.8 Å². The molecular weight excluding hydrogens is 404 g/mol. The van der Waals surface area contributed by atoms with Gasteiger partial charge in [0.15, 0.2) is 0 Å². The van der Waals surface area contributed by atoms with E-state index in [0.29, 0.717) is 18.8 Å². The summed E-state index contributed by atoms with van der Waals surface area (Å²) >= 11 is 1.57. The number of hydrogen-bond acceptors (Lipinski definition) is 4. The number of benzene rings is 2. The summed E-state index contributed by atoms with van der Waals surface area (Å²) in [5.41, 5.74) is 3.30. The van der Waals surface area contributed by atoms with Crippen molar-refractivity contribution < 1.29 is 13.2 Å². The van der Waals surface area contributed by atoms with E-state index in [1.165, 1.54) is 15.4 Å². The van der Waals surface area contributed by atoms with Crippen LogP contribution >= 0.6 is 11.8 Å². The minimum atomic E-state index is -3.47. The third-order valence-electron chi connectivity index (χ3n) is 4.72. The average molecular weight is 435 g/mol. The molecule has 0 saturated heterocycles. The van der Waals surface area contributed by atoms with Crippen molar-refractivity contribution >= 4 is 27.7 Å². The van der Waals surface area contributed by atoms with Crippen molar-refractivity contribution in [3.63, 3.8) is 0 Å². The molecule has 7 heteroatoms. The number of rotatable bonds is 10. The summed E-state index contributed by atoms with van der Waals surface area (Å²) in [5, 5.41) is 2.98. The van der Waals surface area contributed by atoms with Crippen molar-refractivity contribution in [3.8, 4) is 0 Å². The van der Waals surface area contributed by atoms with Crippen LogP contribution in [0.3, 0.4) is 0 Å². The molecule has 1 unspecified atom stereocenters. The molecule has 1 N–H and O–H groups in total. The molecule has 2 aromatic carbocycles. The highest BCUT2D eigenvalue weighted by Gasteiger charge is 2.21. The topological polar surface area (TPSA) is 66.5 Å². The molecule has 0 heterocycles. The van der Waals surface area contributed by atoms with E-state index in [1.54, 1.807) is 36.0 Å². The van der Waals surface area contributed by atoms with Crippen molar-refractivity contribution in [1.29, 1.82) is 0 Å². The Bertz CT molecular complexity index is 891. The summed E-state index contributed by atoms with van der Waals surface area (Å²) in [5.74, 6) is 1.14. The van der Waals surface area contributed by atoms with Crippen molar-refractivity contribution in [2.75, 3.05) is 18.8 Å². The van der Waals surface area contributed by atoms with Crippen LogP contribution in [0.4, 0.5) is 0 Å². The van der Waals surface area contributed by atoms with Gasteiger partial charge in [0.05, 0.1) is 16.7 Å². The van der Waals surface area contributed by atoms with E-state index in [2.05, 4.69) is 36.5 Å². The molecule has 0 radical (unpaired) electrons. The lowest BCUT2D eigenvalue weighted by Gasteiger charge is -2.19. The van der Waals surface area contributed by atoms with E-state index >= 15 is 0 Å². The Balaban J connectivity index is 1.89. The number of nitrogens with one attached hydrogen (secondary N) is 1. The Hall–Kier alpha value is -1.83. The molecule has 0 spiro atoms. The minimum Gasteiger partial charge on any atom is -0.349 e. The molecule has 0 aliphatic carbocycles. The second-order valence-corrected chi connectivity index (χ2v) is 9.85. The van der Waals surface area contributed by atoms with Gasteiger partial charge in [0.1, 0.15) is 0 Å². The van der Waals surface area contributed by atoms with E-state index < -0.39 is 10.0 Å². The van der Waals surface area contributed by atoms with Crippen LogP contribution in [0.1, 0.15) is 43.5 Å². The Labute approximate surface area is 178 Å². The van der Waals surface area contributed by atoms with Crippen LogP contribution in [-0.4, -0.2) is 37.5 Å². The minimum absolute atomic E-state index is 0.0329. The molecule has 0 bridgehead atoms. The maximum absolute atomic E-state index is 12.6. The summed E-state index contributed by atoms with van der Waals surface area (Å²) in [6, 6.07) is 14.9. The van der Waals surface area contributed by atoms with Crippen molar-refractivity contribution in [3.05, 3.63) is 65.2 Å². The van der Waals surface area contributed by atoms with E-state index in [0.717, 1.165) is 11.3 Å². The maximum atomic E-state index is 12.6. The zero-order valence-electron chi connectivity index (χ0n) is 17.5. The number of aryl methyl sites for hydroxylation is 1. The highest BCUT2D eigenvalue weighted by molar-refractivity contribution is 7.99. The van der Waals surface area contributed by atoms with Gasteiger partial charge in [-0.3, -0.25) is 4.79 Å². The highest BCUT2D eigenvalue weighted by atomic mass is 32.2. The lowest BCUT2D eigenvalue weighted by molar-refractivity contribution is -0.119. The van der Waals surface area contributed by atoms with Gasteiger partial charge >= 0.3 is 0 Å². The number of hydrogen-bond donors (Lipinski definition) is 1. The third-order valence-corrected chi connectivity index (χ3v) is 7.79. The zero-order chi connectivity index (χ0) is 21.4. The molecule has 158 valence electrons. The van der Waals surface area contributed by atoms with E-state index in [-0.39, 0.29) is 16.8 Å². The van der Waals surface area contributed by atoms with E-state index in [9.17, 15) is 13.2 Å². The van der Waals surface area contributed by atoms with Gasteiger partial charge in [-0.05, 0) is 37.1 Å². The SMILES string of the molecule is CCN(CC)S(=O)(=O)c1ccc(C(C)NC(=O)CSCc2ccc(C)cc2)cc1. The normalized spacial score (nSPS) is 12.7. The fourth-order valence-corrected chi connectivity index (χ4v) is 5.21. The molecular formula is C22H30N2O3S2. The quantitative estimate of drug-likeness (QED) is 0.610. The summed E-state index contributed by atoms with van der Waals surface area (Å²) in [6.07, 6.45) is 0. The van der Waals surface area contributed by atoms with Crippen molar-refractivity contribution in [2.45, 2.75) is 44.4 Å². The summed E-state index contributed by atoms with van der Waals surface area (Å²) in [4.78, 5) is 12.5. The number of amides is 1.